The number of imidazole rings is 1. The number of nitrogens with zero attached hydrogens (tertiary/aromatic N) is 10. The minimum atomic E-state index is -0.407. The highest BCUT2D eigenvalue weighted by molar-refractivity contribution is 5.84. The molecule has 7 rings (SSSR count). The van der Waals surface area contributed by atoms with E-state index in [0.29, 0.717) is 39.8 Å². The van der Waals surface area contributed by atoms with E-state index in [0.717, 1.165) is 31.1 Å². The minimum absolute atomic E-state index is 0.179. The van der Waals surface area contributed by atoms with Crippen LogP contribution in [0.25, 0.3) is 39.6 Å². The van der Waals surface area contributed by atoms with Crippen molar-refractivity contribution < 1.29 is 4.39 Å². The second-order valence-electron chi connectivity index (χ2n) is 11.4. The van der Waals surface area contributed by atoms with Crippen molar-refractivity contribution in [2.45, 2.75) is 32.5 Å². The van der Waals surface area contributed by atoms with E-state index < -0.39 is 5.82 Å². The molecule has 12 heteroatoms. The third kappa shape index (κ3) is 5.48. The Hall–Kier alpha value is -5.80. The van der Waals surface area contributed by atoms with Crippen LogP contribution in [0.3, 0.4) is 0 Å². The van der Waals surface area contributed by atoms with Gasteiger partial charge in [-0.2, -0.15) is 5.26 Å². The highest BCUT2D eigenvalue weighted by Crippen LogP contribution is 2.32. The van der Waals surface area contributed by atoms with Crippen molar-refractivity contribution >= 4 is 22.8 Å². The molecular weight excluding hydrogens is 581 g/mol. The van der Waals surface area contributed by atoms with Crippen molar-refractivity contribution in [2.24, 2.45) is 0 Å². The highest BCUT2D eigenvalue weighted by atomic mass is 19.1. The molecule has 46 heavy (non-hydrogen) atoms. The second-order valence-corrected chi connectivity index (χ2v) is 11.4. The van der Waals surface area contributed by atoms with Gasteiger partial charge in [-0.3, -0.25) is 14.5 Å². The van der Waals surface area contributed by atoms with Crippen LogP contribution in [0.1, 0.15) is 25.2 Å². The third-order valence-electron chi connectivity index (χ3n) is 8.17. The molecular formula is C34H30FN11. The second kappa shape index (κ2) is 11.9. The average Bonchev–Trinajstić information content (AvgIpc) is 3.44. The smallest absolute Gasteiger partial charge is 0.234 e. The predicted molar refractivity (Wildman–Crippen MR) is 173 cm³/mol. The number of nitrogens with two attached hydrogens (primary N) is 1. The maximum atomic E-state index is 13.6. The topological polar surface area (TPSA) is 139 Å². The zero-order valence-corrected chi connectivity index (χ0v) is 25.3. The molecule has 0 saturated carbocycles. The number of aromatic nitrogens is 7. The minimum Gasteiger partial charge on any atom is -0.383 e. The van der Waals surface area contributed by atoms with Crippen LogP contribution in [0.15, 0.2) is 85.3 Å². The summed E-state index contributed by atoms with van der Waals surface area (Å²) in [5.41, 5.74) is 11.5. The van der Waals surface area contributed by atoms with Crippen molar-refractivity contribution in [3.8, 4) is 34.5 Å². The number of anilines is 2. The Morgan fingerprint density at radius 3 is 2.37 bits per heavy atom. The molecule has 1 fully saturated rings. The van der Waals surface area contributed by atoms with Crippen LogP contribution in [0.4, 0.5) is 16.0 Å². The molecule has 0 spiro atoms. The van der Waals surface area contributed by atoms with E-state index >= 15 is 0 Å². The van der Waals surface area contributed by atoms with E-state index in [1.807, 2.05) is 41.0 Å². The van der Waals surface area contributed by atoms with E-state index in [1.54, 1.807) is 18.5 Å². The van der Waals surface area contributed by atoms with E-state index in [4.69, 9.17) is 15.7 Å². The number of fused-ring (bicyclic) bond motifs is 1. The highest BCUT2D eigenvalue weighted by Gasteiger charge is 2.30. The summed E-state index contributed by atoms with van der Waals surface area (Å²) in [6.07, 6.45) is 4.47. The predicted octanol–water partition coefficient (Wildman–Crippen LogP) is 5.03. The van der Waals surface area contributed by atoms with Gasteiger partial charge in [0.2, 0.25) is 5.82 Å². The Labute approximate surface area is 264 Å². The Morgan fingerprint density at radius 2 is 1.65 bits per heavy atom. The zero-order valence-electron chi connectivity index (χ0n) is 25.3. The molecule has 0 bridgehead atoms. The summed E-state index contributed by atoms with van der Waals surface area (Å²) >= 11 is 0. The van der Waals surface area contributed by atoms with Crippen molar-refractivity contribution in [3.63, 3.8) is 0 Å². The monoisotopic (exact) mass is 611 g/mol. The average molecular weight is 612 g/mol. The van der Waals surface area contributed by atoms with Crippen LogP contribution in [-0.2, 0) is 6.54 Å². The molecule has 1 aromatic carbocycles. The summed E-state index contributed by atoms with van der Waals surface area (Å²) in [6.45, 7) is 6.83. The standard InChI is InChI=1S/C34H30FN11/c1-21-18-44(19-22(2)45(21)31-13-15-38-30(16-36)43-31)20-23-5-8-25(9-6-23)46-33(26-4-3-14-39-32(26)37)42-29-12-11-28(41-34(29)46)27-10-7-24(35)17-40-27/h3-15,17,21-22H,18-20H2,1-2H3,(H2,37,39)/t21-,22-/m0/s1. The molecule has 1 aliphatic heterocycles. The van der Waals surface area contributed by atoms with Gasteiger partial charge in [-0.1, -0.05) is 12.1 Å². The maximum Gasteiger partial charge on any atom is 0.234 e. The molecule has 1 saturated heterocycles. The van der Waals surface area contributed by atoms with Gasteiger partial charge in [0, 0.05) is 49.8 Å². The van der Waals surface area contributed by atoms with Gasteiger partial charge >= 0.3 is 0 Å². The summed E-state index contributed by atoms with van der Waals surface area (Å²) in [7, 11) is 0. The Bertz CT molecular complexity index is 2060. The fraction of sp³-hybridized carbons (Fsp3) is 0.206. The molecule has 2 N–H and O–H groups in total. The van der Waals surface area contributed by atoms with Crippen molar-refractivity contribution in [3.05, 3.63) is 103 Å². The SMILES string of the molecule is C[C@H]1CN(Cc2ccc(-n3c(-c4cccnc4N)nc4ccc(-c5ccc(F)cn5)nc43)cc2)C[C@H](C)N1c1ccnc(C#N)n1. The summed E-state index contributed by atoms with van der Waals surface area (Å²) in [5, 5.41) is 9.25. The zero-order chi connectivity index (χ0) is 31.8. The van der Waals surface area contributed by atoms with Crippen LogP contribution < -0.4 is 10.6 Å². The first-order valence-corrected chi connectivity index (χ1v) is 14.9. The fourth-order valence-electron chi connectivity index (χ4n) is 6.23. The molecule has 0 aliphatic carbocycles. The van der Waals surface area contributed by atoms with E-state index in [9.17, 15) is 9.65 Å². The van der Waals surface area contributed by atoms with Crippen LogP contribution in [0, 0.1) is 17.1 Å². The maximum absolute atomic E-state index is 13.6. The van der Waals surface area contributed by atoms with Gasteiger partial charge in [-0.05, 0) is 74.0 Å². The molecule has 6 heterocycles. The van der Waals surface area contributed by atoms with Crippen LogP contribution in [-0.4, -0.2) is 64.5 Å². The van der Waals surface area contributed by atoms with E-state index in [1.165, 1.54) is 17.8 Å². The Kier molecular flexibility index (Phi) is 7.52. The van der Waals surface area contributed by atoms with Gasteiger partial charge in [0.05, 0.1) is 23.1 Å². The number of nitrogen functional groups attached to an aromatic ring is 1. The van der Waals surface area contributed by atoms with Crippen molar-refractivity contribution in [2.75, 3.05) is 23.7 Å². The number of hydrogen-bond donors (Lipinski definition) is 1. The lowest BCUT2D eigenvalue weighted by Gasteiger charge is -2.45. The first-order chi connectivity index (χ1) is 22.4. The van der Waals surface area contributed by atoms with Crippen molar-refractivity contribution in [1.29, 1.82) is 5.26 Å². The largest absolute Gasteiger partial charge is 0.383 e. The molecule has 0 amide bonds. The molecule has 228 valence electrons. The quantitative estimate of drug-likeness (QED) is 0.273. The Morgan fingerprint density at radius 1 is 0.870 bits per heavy atom. The molecule has 0 radical (unpaired) electrons. The summed E-state index contributed by atoms with van der Waals surface area (Å²) < 4.78 is 15.5. The number of hydrogen-bond acceptors (Lipinski definition) is 10. The lowest BCUT2D eigenvalue weighted by atomic mass is 10.1. The number of rotatable bonds is 6. The van der Waals surface area contributed by atoms with Gasteiger partial charge < -0.3 is 10.6 Å². The Balaban J connectivity index is 1.19. The van der Waals surface area contributed by atoms with Gasteiger partial charge in [-0.15, -0.1) is 0 Å². The summed E-state index contributed by atoms with van der Waals surface area (Å²) in [4.78, 5) is 31.5. The number of piperazine rings is 1. The number of nitriles is 1. The number of pyridine rings is 3. The van der Waals surface area contributed by atoms with Gasteiger partial charge in [-0.25, -0.2) is 29.3 Å². The van der Waals surface area contributed by atoms with Crippen molar-refractivity contribution in [1.82, 2.24) is 39.4 Å². The van der Waals surface area contributed by atoms with Gasteiger partial charge in [0.1, 0.15) is 29.0 Å². The fourth-order valence-corrected chi connectivity index (χ4v) is 6.23. The summed E-state index contributed by atoms with van der Waals surface area (Å²) in [5.74, 6) is 1.53. The first-order valence-electron chi connectivity index (χ1n) is 14.9. The molecule has 1 aliphatic rings. The molecule has 11 nitrogen and oxygen atoms in total. The van der Waals surface area contributed by atoms with Gasteiger partial charge in [0.25, 0.3) is 0 Å². The summed E-state index contributed by atoms with van der Waals surface area (Å²) in [6, 6.07) is 23.1. The molecule has 6 aromatic rings. The van der Waals surface area contributed by atoms with E-state index in [-0.39, 0.29) is 17.9 Å². The van der Waals surface area contributed by atoms with Crippen LogP contribution >= 0.6 is 0 Å². The van der Waals surface area contributed by atoms with Crippen LogP contribution in [0.2, 0.25) is 0 Å². The molecule has 0 unspecified atom stereocenters. The lowest BCUT2D eigenvalue weighted by Crippen LogP contribution is -2.56. The van der Waals surface area contributed by atoms with Gasteiger partial charge in [0.15, 0.2) is 11.5 Å². The normalized spacial score (nSPS) is 16.9. The number of benzene rings is 1. The number of halogens is 1. The lowest BCUT2D eigenvalue weighted by molar-refractivity contribution is 0.191. The van der Waals surface area contributed by atoms with Crippen LogP contribution in [0.5, 0.6) is 0 Å². The third-order valence-corrected chi connectivity index (χ3v) is 8.17. The van der Waals surface area contributed by atoms with E-state index in [2.05, 4.69) is 67.8 Å². The first kappa shape index (κ1) is 28.9. The molecule has 2 atom stereocenters. The molecule has 5 aromatic heterocycles.